The van der Waals surface area contributed by atoms with Crippen molar-refractivity contribution in [3.63, 3.8) is 0 Å². The molecule has 3 rings (SSSR count). The number of carbonyl (C=O) groups excluding carboxylic acids is 1. The zero-order valence-electron chi connectivity index (χ0n) is 12.3. The summed E-state index contributed by atoms with van der Waals surface area (Å²) in [6.45, 7) is 1.79. The fourth-order valence-electron chi connectivity index (χ4n) is 2.31. The van der Waals surface area contributed by atoms with Crippen LogP contribution in [0.1, 0.15) is 20.9 Å². The third-order valence-electron chi connectivity index (χ3n) is 3.46. The molecule has 0 atom stereocenters. The number of fused-ring (bicyclic) bond motifs is 1. The lowest BCUT2D eigenvalue weighted by atomic mass is 10.2. The van der Waals surface area contributed by atoms with Gasteiger partial charge in [0.1, 0.15) is 0 Å². The Morgan fingerprint density at radius 1 is 1.48 bits per heavy atom. The van der Waals surface area contributed by atoms with E-state index in [9.17, 15) is 14.9 Å². The average Bonchev–Trinajstić information content (AvgIpc) is 2.88. The van der Waals surface area contributed by atoms with Gasteiger partial charge in [-0.05, 0) is 13.1 Å². The summed E-state index contributed by atoms with van der Waals surface area (Å²) in [5.74, 6) is -0.386. The van der Waals surface area contributed by atoms with Crippen molar-refractivity contribution in [2.24, 2.45) is 0 Å². The maximum atomic E-state index is 12.2. The lowest BCUT2D eigenvalue weighted by Crippen LogP contribution is -2.25. The highest BCUT2D eigenvalue weighted by molar-refractivity contribution is 7.15. The summed E-state index contributed by atoms with van der Waals surface area (Å²) < 4.78 is 0. The van der Waals surface area contributed by atoms with Crippen LogP contribution in [0.4, 0.5) is 10.8 Å². The van der Waals surface area contributed by atoms with Crippen molar-refractivity contribution in [2.75, 3.05) is 18.9 Å². The van der Waals surface area contributed by atoms with E-state index in [-0.39, 0.29) is 29.6 Å². The number of aromatic nitrogens is 1. The van der Waals surface area contributed by atoms with Gasteiger partial charge in [-0.15, -0.1) is 23.7 Å². The zero-order valence-corrected chi connectivity index (χ0v) is 13.9. The SMILES string of the molecule is CN1CCc2nc(NC(=O)c3cccc([N+](=O)[O-])c3)sc2C1.Cl. The number of thiazole rings is 1. The Hall–Kier alpha value is -2.03. The van der Waals surface area contributed by atoms with Crippen molar-refractivity contribution < 1.29 is 9.72 Å². The van der Waals surface area contributed by atoms with Gasteiger partial charge in [-0.1, -0.05) is 6.07 Å². The molecule has 0 bridgehead atoms. The molecule has 0 aliphatic carbocycles. The van der Waals surface area contributed by atoms with Crippen molar-refractivity contribution in [1.82, 2.24) is 9.88 Å². The number of halogens is 1. The van der Waals surface area contributed by atoms with Crippen LogP contribution in [-0.4, -0.2) is 34.3 Å². The molecule has 0 unspecified atom stereocenters. The van der Waals surface area contributed by atoms with Crippen LogP contribution >= 0.6 is 23.7 Å². The van der Waals surface area contributed by atoms with E-state index in [0.717, 1.165) is 30.1 Å². The maximum Gasteiger partial charge on any atom is 0.270 e. The number of nitrogens with zero attached hydrogens (tertiary/aromatic N) is 3. The molecule has 1 aliphatic rings. The standard InChI is InChI=1S/C14H14N4O3S.ClH/c1-17-6-5-11-12(8-17)22-14(15-11)16-13(19)9-3-2-4-10(7-9)18(20)21;/h2-4,7H,5-6,8H2,1H3,(H,15,16,19);1H. The molecule has 0 spiro atoms. The predicted molar refractivity (Wildman–Crippen MR) is 90.4 cm³/mol. The average molecular weight is 355 g/mol. The molecule has 7 nitrogen and oxygen atoms in total. The summed E-state index contributed by atoms with van der Waals surface area (Å²) in [4.78, 5) is 30.2. The lowest BCUT2D eigenvalue weighted by Gasteiger charge is -2.20. The third kappa shape index (κ3) is 3.84. The molecule has 1 aromatic carbocycles. The Morgan fingerprint density at radius 3 is 3.00 bits per heavy atom. The number of carbonyl (C=O) groups is 1. The first-order valence-corrected chi connectivity index (χ1v) is 7.57. The van der Waals surface area contributed by atoms with Gasteiger partial charge in [0.25, 0.3) is 11.6 Å². The zero-order chi connectivity index (χ0) is 15.7. The number of hydrogen-bond acceptors (Lipinski definition) is 6. The molecular formula is C14H15ClN4O3S. The van der Waals surface area contributed by atoms with E-state index < -0.39 is 4.92 Å². The Balaban J connectivity index is 0.00000192. The fourth-order valence-corrected chi connectivity index (χ4v) is 3.39. The van der Waals surface area contributed by atoms with Gasteiger partial charge in [-0.3, -0.25) is 20.2 Å². The van der Waals surface area contributed by atoms with Crippen LogP contribution in [0.3, 0.4) is 0 Å². The summed E-state index contributed by atoms with van der Waals surface area (Å²) in [6.07, 6.45) is 0.870. The number of non-ortho nitro benzene ring substituents is 1. The number of anilines is 1. The van der Waals surface area contributed by atoms with Gasteiger partial charge >= 0.3 is 0 Å². The molecule has 2 aromatic rings. The number of benzene rings is 1. The van der Waals surface area contributed by atoms with Gasteiger partial charge in [-0.25, -0.2) is 4.98 Å². The number of hydrogen-bond donors (Lipinski definition) is 1. The second kappa shape index (κ2) is 7.03. The normalized spacial score (nSPS) is 13.8. The maximum absolute atomic E-state index is 12.2. The highest BCUT2D eigenvalue weighted by atomic mass is 35.5. The lowest BCUT2D eigenvalue weighted by molar-refractivity contribution is -0.384. The van der Waals surface area contributed by atoms with Crippen molar-refractivity contribution >= 4 is 40.5 Å². The molecule has 1 aromatic heterocycles. The van der Waals surface area contributed by atoms with E-state index >= 15 is 0 Å². The van der Waals surface area contributed by atoms with Gasteiger partial charge in [0.2, 0.25) is 0 Å². The van der Waals surface area contributed by atoms with Gasteiger partial charge in [0.05, 0.1) is 10.6 Å². The smallest absolute Gasteiger partial charge is 0.270 e. The van der Waals surface area contributed by atoms with Crippen LogP contribution in [0.25, 0.3) is 0 Å². The Morgan fingerprint density at radius 2 is 2.26 bits per heavy atom. The summed E-state index contributed by atoms with van der Waals surface area (Å²) in [5, 5.41) is 14.0. The number of amides is 1. The van der Waals surface area contributed by atoms with Crippen molar-refractivity contribution in [3.8, 4) is 0 Å². The largest absolute Gasteiger partial charge is 0.301 e. The van der Waals surface area contributed by atoms with Gasteiger partial charge in [-0.2, -0.15) is 0 Å². The van der Waals surface area contributed by atoms with E-state index in [1.807, 2.05) is 7.05 Å². The molecule has 1 amide bonds. The highest BCUT2D eigenvalue weighted by Crippen LogP contribution is 2.28. The van der Waals surface area contributed by atoms with E-state index in [2.05, 4.69) is 15.2 Å². The van der Waals surface area contributed by atoms with Crippen molar-refractivity contribution in [1.29, 1.82) is 0 Å². The van der Waals surface area contributed by atoms with Crippen LogP contribution in [-0.2, 0) is 13.0 Å². The number of nitro benzene ring substituents is 1. The number of likely N-dealkylation sites (N-methyl/N-ethyl adjacent to an activating group) is 1. The molecule has 0 saturated carbocycles. The molecule has 0 radical (unpaired) electrons. The van der Waals surface area contributed by atoms with Gasteiger partial charge in [0, 0.05) is 42.1 Å². The summed E-state index contributed by atoms with van der Waals surface area (Å²) in [7, 11) is 2.05. The number of nitro groups is 1. The monoisotopic (exact) mass is 354 g/mol. The quantitative estimate of drug-likeness (QED) is 0.676. The molecule has 0 saturated heterocycles. The van der Waals surface area contributed by atoms with Gasteiger partial charge < -0.3 is 4.90 Å². The van der Waals surface area contributed by atoms with E-state index in [4.69, 9.17) is 0 Å². The van der Waals surface area contributed by atoms with Gasteiger partial charge in [0.15, 0.2) is 5.13 Å². The Labute approximate surface area is 142 Å². The second-order valence-electron chi connectivity index (χ2n) is 5.14. The first-order chi connectivity index (χ1) is 10.5. The fraction of sp³-hybridized carbons (Fsp3) is 0.286. The van der Waals surface area contributed by atoms with Crippen LogP contribution in [0, 0.1) is 10.1 Å². The first-order valence-electron chi connectivity index (χ1n) is 6.76. The number of rotatable bonds is 3. The predicted octanol–water partition coefficient (Wildman–Crippen LogP) is 2.71. The summed E-state index contributed by atoms with van der Waals surface area (Å²) >= 11 is 1.45. The Kier molecular flexibility index (Phi) is 5.30. The molecule has 0 fully saturated rings. The third-order valence-corrected chi connectivity index (χ3v) is 4.46. The molecule has 1 aliphatic heterocycles. The molecule has 122 valence electrons. The molecule has 9 heteroatoms. The molecule has 2 heterocycles. The summed E-state index contributed by atoms with van der Waals surface area (Å²) in [6, 6.07) is 5.66. The van der Waals surface area contributed by atoms with E-state index in [1.165, 1.54) is 29.5 Å². The minimum absolute atomic E-state index is 0. The van der Waals surface area contributed by atoms with Crippen molar-refractivity contribution in [2.45, 2.75) is 13.0 Å². The minimum Gasteiger partial charge on any atom is -0.301 e. The number of nitrogens with one attached hydrogen (secondary N) is 1. The first kappa shape index (κ1) is 17.3. The van der Waals surface area contributed by atoms with Crippen molar-refractivity contribution in [3.05, 3.63) is 50.5 Å². The second-order valence-corrected chi connectivity index (χ2v) is 6.22. The highest BCUT2D eigenvalue weighted by Gasteiger charge is 2.20. The summed E-state index contributed by atoms with van der Waals surface area (Å²) in [5.41, 5.74) is 1.17. The molecular weight excluding hydrogens is 340 g/mol. The topological polar surface area (TPSA) is 88.4 Å². The van der Waals surface area contributed by atoms with Crippen LogP contribution < -0.4 is 5.32 Å². The Bertz CT molecular complexity index is 749. The van der Waals surface area contributed by atoms with E-state index in [1.54, 1.807) is 6.07 Å². The minimum atomic E-state index is -0.519. The van der Waals surface area contributed by atoms with Crippen LogP contribution in [0.15, 0.2) is 24.3 Å². The molecule has 23 heavy (non-hydrogen) atoms. The van der Waals surface area contributed by atoms with Crippen LogP contribution in [0.5, 0.6) is 0 Å². The molecule has 1 N–H and O–H groups in total. The van der Waals surface area contributed by atoms with E-state index in [0.29, 0.717) is 5.13 Å². The van der Waals surface area contributed by atoms with Crippen LogP contribution in [0.2, 0.25) is 0 Å².